The SMILES string of the molecule is Cc1ccc(NC=C2C(=O)OC(C)(C)OC2=O)cc1I. The lowest BCUT2D eigenvalue weighted by atomic mass is 10.2. The minimum Gasteiger partial charge on any atom is -0.419 e. The average Bonchev–Trinajstić information content (AvgIpc) is 2.31. The number of nitrogens with one attached hydrogen (secondary N) is 1. The molecule has 0 radical (unpaired) electrons. The van der Waals surface area contributed by atoms with Crippen molar-refractivity contribution in [1.29, 1.82) is 0 Å². The number of hydrogen-bond donors (Lipinski definition) is 1. The predicted octanol–water partition coefficient (Wildman–Crippen LogP) is 2.73. The molecule has 0 aliphatic carbocycles. The highest BCUT2D eigenvalue weighted by atomic mass is 127. The van der Waals surface area contributed by atoms with Crippen LogP contribution in [0.15, 0.2) is 30.0 Å². The summed E-state index contributed by atoms with van der Waals surface area (Å²) >= 11 is 2.21. The monoisotopic (exact) mass is 387 g/mol. The Morgan fingerprint density at radius 2 is 1.80 bits per heavy atom. The molecule has 1 aliphatic heterocycles. The van der Waals surface area contributed by atoms with Gasteiger partial charge >= 0.3 is 11.9 Å². The van der Waals surface area contributed by atoms with Crippen molar-refractivity contribution in [1.82, 2.24) is 0 Å². The Balaban J connectivity index is 2.17. The van der Waals surface area contributed by atoms with E-state index in [1.165, 1.54) is 20.0 Å². The van der Waals surface area contributed by atoms with E-state index < -0.39 is 17.7 Å². The lowest BCUT2D eigenvalue weighted by Crippen LogP contribution is -2.42. The van der Waals surface area contributed by atoms with Crippen molar-refractivity contribution < 1.29 is 19.1 Å². The van der Waals surface area contributed by atoms with Crippen molar-refractivity contribution in [3.8, 4) is 0 Å². The van der Waals surface area contributed by atoms with E-state index >= 15 is 0 Å². The van der Waals surface area contributed by atoms with E-state index in [9.17, 15) is 9.59 Å². The molecule has 106 valence electrons. The molecule has 6 heteroatoms. The zero-order valence-electron chi connectivity index (χ0n) is 11.3. The Morgan fingerprint density at radius 3 is 2.35 bits per heavy atom. The number of aryl methyl sites for hydroxylation is 1. The third-order valence-corrected chi connectivity index (χ3v) is 3.83. The molecule has 20 heavy (non-hydrogen) atoms. The van der Waals surface area contributed by atoms with Crippen molar-refractivity contribution >= 4 is 40.2 Å². The molecule has 5 nitrogen and oxygen atoms in total. The van der Waals surface area contributed by atoms with Gasteiger partial charge in [-0.1, -0.05) is 6.07 Å². The summed E-state index contributed by atoms with van der Waals surface area (Å²) in [7, 11) is 0. The molecule has 1 aliphatic rings. The molecule has 0 amide bonds. The Hall–Kier alpha value is -1.57. The highest BCUT2D eigenvalue weighted by Gasteiger charge is 2.38. The highest BCUT2D eigenvalue weighted by molar-refractivity contribution is 14.1. The summed E-state index contributed by atoms with van der Waals surface area (Å²) in [5, 5.41) is 2.90. The summed E-state index contributed by atoms with van der Waals surface area (Å²) in [5.41, 5.74) is 1.78. The zero-order chi connectivity index (χ0) is 14.9. The van der Waals surface area contributed by atoms with Crippen LogP contribution in [-0.2, 0) is 19.1 Å². The maximum absolute atomic E-state index is 11.7. The molecule has 0 aromatic heterocycles. The Morgan fingerprint density at radius 1 is 1.20 bits per heavy atom. The number of carbonyl (C=O) groups is 2. The molecule has 1 aromatic rings. The Kier molecular flexibility index (Phi) is 4.03. The third-order valence-electron chi connectivity index (χ3n) is 2.67. The van der Waals surface area contributed by atoms with Crippen LogP contribution in [0.2, 0.25) is 0 Å². The summed E-state index contributed by atoms with van der Waals surface area (Å²) < 4.78 is 11.1. The smallest absolute Gasteiger partial charge is 0.350 e. The fraction of sp³-hybridized carbons (Fsp3) is 0.286. The van der Waals surface area contributed by atoms with Gasteiger partial charge in [0.15, 0.2) is 5.57 Å². The normalized spacial score (nSPS) is 17.3. The van der Waals surface area contributed by atoms with Gasteiger partial charge in [-0.25, -0.2) is 9.59 Å². The van der Waals surface area contributed by atoms with Crippen LogP contribution in [0.25, 0.3) is 0 Å². The molecule has 0 atom stereocenters. The number of anilines is 1. The summed E-state index contributed by atoms with van der Waals surface area (Å²) in [6, 6.07) is 5.72. The molecule has 2 rings (SSSR count). The van der Waals surface area contributed by atoms with Gasteiger partial charge in [0.05, 0.1) is 0 Å². The lowest BCUT2D eigenvalue weighted by Gasteiger charge is -2.29. The zero-order valence-corrected chi connectivity index (χ0v) is 13.5. The fourth-order valence-electron chi connectivity index (χ4n) is 1.62. The van der Waals surface area contributed by atoms with E-state index in [-0.39, 0.29) is 5.57 Å². The van der Waals surface area contributed by atoms with E-state index in [1.54, 1.807) is 0 Å². The molecule has 0 unspecified atom stereocenters. The van der Waals surface area contributed by atoms with Crippen molar-refractivity contribution in [3.05, 3.63) is 39.1 Å². The molecule has 1 N–H and O–H groups in total. The number of carbonyl (C=O) groups excluding carboxylic acids is 2. The molecule has 1 saturated heterocycles. The minimum atomic E-state index is -1.22. The first-order valence-corrected chi connectivity index (χ1v) is 7.06. The van der Waals surface area contributed by atoms with Gasteiger partial charge in [0, 0.05) is 29.3 Å². The minimum absolute atomic E-state index is 0.153. The van der Waals surface area contributed by atoms with Crippen LogP contribution >= 0.6 is 22.6 Å². The van der Waals surface area contributed by atoms with Crippen molar-refractivity contribution in [3.63, 3.8) is 0 Å². The molecular formula is C14H14INO4. The number of cyclic esters (lactones) is 2. The van der Waals surface area contributed by atoms with Gasteiger partial charge in [-0.3, -0.25) is 0 Å². The standard InChI is InChI=1S/C14H14INO4/c1-8-4-5-9(6-11(8)15)16-7-10-12(17)19-14(2,3)20-13(10)18/h4-7,16H,1-3H3. The van der Waals surface area contributed by atoms with Crippen LogP contribution in [-0.4, -0.2) is 17.7 Å². The van der Waals surface area contributed by atoms with Crippen molar-refractivity contribution in [2.24, 2.45) is 0 Å². The predicted molar refractivity (Wildman–Crippen MR) is 81.9 cm³/mol. The second kappa shape index (κ2) is 5.43. The highest BCUT2D eigenvalue weighted by Crippen LogP contribution is 2.23. The van der Waals surface area contributed by atoms with Gasteiger partial charge in [-0.05, 0) is 47.2 Å². The van der Waals surface area contributed by atoms with Gasteiger partial charge in [0.25, 0.3) is 5.79 Å². The van der Waals surface area contributed by atoms with Crippen molar-refractivity contribution in [2.45, 2.75) is 26.6 Å². The number of rotatable bonds is 2. The van der Waals surface area contributed by atoms with E-state index in [4.69, 9.17) is 9.47 Å². The van der Waals surface area contributed by atoms with Crippen LogP contribution < -0.4 is 5.32 Å². The lowest BCUT2D eigenvalue weighted by molar-refractivity contribution is -0.222. The quantitative estimate of drug-likeness (QED) is 0.366. The largest absolute Gasteiger partial charge is 0.419 e. The molecule has 0 bridgehead atoms. The molecule has 0 spiro atoms. The molecule has 0 saturated carbocycles. The number of hydrogen-bond acceptors (Lipinski definition) is 5. The third kappa shape index (κ3) is 3.30. The van der Waals surface area contributed by atoms with Crippen LogP contribution in [0, 0.1) is 10.5 Å². The van der Waals surface area contributed by atoms with Crippen LogP contribution in [0.4, 0.5) is 5.69 Å². The van der Waals surface area contributed by atoms with Gasteiger partial charge in [0.2, 0.25) is 0 Å². The first-order valence-electron chi connectivity index (χ1n) is 5.98. The van der Waals surface area contributed by atoms with Gasteiger partial charge in [-0.2, -0.15) is 0 Å². The first-order chi connectivity index (χ1) is 9.28. The van der Waals surface area contributed by atoms with Gasteiger partial charge in [-0.15, -0.1) is 0 Å². The summed E-state index contributed by atoms with van der Waals surface area (Å²) in [5.74, 6) is -2.61. The fourth-order valence-corrected chi connectivity index (χ4v) is 2.13. The second-order valence-electron chi connectivity index (χ2n) is 4.85. The topological polar surface area (TPSA) is 64.6 Å². The summed E-state index contributed by atoms with van der Waals surface area (Å²) in [6.45, 7) is 5.02. The summed E-state index contributed by atoms with van der Waals surface area (Å²) in [6.07, 6.45) is 1.31. The van der Waals surface area contributed by atoms with E-state index in [2.05, 4.69) is 27.9 Å². The van der Waals surface area contributed by atoms with Gasteiger partial charge in [0.1, 0.15) is 0 Å². The van der Waals surface area contributed by atoms with Crippen LogP contribution in [0.1, 0.15) is 19.4 Å². The first kappa shape index (κ1) is 14.8. The molecule has 1 fully saturated rings. The van der Waals surface area contributed by atoms with E-state index in [0.717, 1.165) is 14.8 Å². The number of benzene rings is 1. The van der Waals surface area contributed by atoms with E-state index in [1.807, 2.05) is 25.1 Å². The van der Waals surface area contributed by atoms with Crippen molar-refractivity contribution in [2.75, 3.05) is 5.32 Å². The number of halogens is 1. The summed E-state index contributed by atoms with van der Waals surface area (Å²) in [4.78, 5) is 23.5. The maximum Gasteiger partial charge on any atom is 0.350 e. The van der Waals surface area contributed by atoms with Crippen LogP contribution in [0.3, 0.4) is 0 Å². The van der Waals surface area contributed by atoms with E-state index in [0.29, 0.717) is 0 Å². The Bertz CT molecular complexity index is 585. The Labute approximate surface area is 130 Å². The maximum atomic E-state index is 11.7. The van der Waals surface area contributed by atoms with Crippen LogP contribution in [0.5, 0.6) is 0 Å². The molecule has 1 heterocycles. The van der Waals surface area contributed by atoms with Gasteiger partial charge < -0.3 is 14.8 Å². The molecule has 1 aromatic carbocycles. The second-order valence-corrected chi connectivity index (χ2v) is 6.01. The molecular weight excluding hydrogens is 373 g/mol. The average molecular weight is 387 g/mol. The number of ether oxygens (including phenoxy) is 2. The number of esters is 2.